The number of hydrogen-bond donors (Lipinski definition) is 2. The third-order valence-electron chi connectivity index (χ3n) is 7.50. The van der Waals surface area contributed by atoms with Gasteiger partial charge in [0, 0.05) is 30.8 Å². The van der Waals surface area contributed by atoms with Crippen molar-refractivity contribution in [3.05, 3.63) is 76.6 Å². The van der Waals surface area contributed by atoms with Crippen molar-refractivity contribution in [3.8, 4) is 0 Å². The van der Waals surface area contributed by atoms with Gasteiger partial charge < -0.3 is 15.3 Å². The van der Waals surface area contributed by atoms with Crippen LogP contribution in [-0.2, 0) is 22.3 Å². The molecule has 0 heterocycles. The number of alkyl halides is 3. The van der Waals surface area contributed by atoms with Crippen LogP contribution in [0.5, 0.6) is 0 Å². The van der Waals surface area contributed by atoms with Crippen molar-refractivity contribution in [2.45, 2.75) is 71.6 Å². The quantitative estimate of drug-likeness (QED) is 0.257. The Morgan fingerprint density at radius 1 is 1.00 bits per heavy atom. The van der Waals surface area contributed by atoms with Crippen molar-refractivity contribution in [1.29, 1.82) is 0 Å². The van der Waals surface area contributed by atoms with Crippen molar-refractivity contribution in [2.24, 2.45) is 11.3 Å². The number of hydrogen-bond acceptors (Lipinski definition) is 3. The molecular weight excluding hydrogens is 540 g/mol. The fraction of sp³-hybridized carbons (Fsp3) is 0.452. The molecule has 1 aliphatic rings. The molecule has 0 bridgehead atoms. The average Bonchev–Trinajstić information content (AvgIpc) is 2.89. The Morgan fingerprint density at radius 2 is 1.63 bits per heavy atom. The molecule has 0 aromatic heterocycles. The third-order valence-corrected chi connectivity index (χ3v) is 7.50. The molecule has 1 aliphatic carbocycles. The van der Waals surface area contributed by atoms with Gasteiger partial charge in [-0.05, 0) is 84.6 Å². The molecular formula is C31H36F4N2O4. The van der Waals surface area contributed by atoms with Gasteiger partial charge in [-0.1, -0.05) is 32.9 Å². The van der Waals surface area contributed by atoms with Gasteiger partial charge in [-0.25, -0.2) is 4.39 Å². The van der Waals surface area contributed by atoms with E-state index in [2.05, 4.69) is 26.1 Å². The number of amides is 2. The van der Waals surface area contributed by atoms with Crippen molar-refractivity contribution >= 4 is 23.9 Å². The number of carboxylic acids is 1. The van der Waals surface area contributed by atoms with Crippen LogP contribution in [0.1, 0.15) is 79.9 Å². The largest absolute Gasteiger partial charge is 0.481 e. The first-order valence-corrected chi connectivity index (χ1v) is 13.6. The fourth-order valence-electron chi connectivity index (χ4n) is 5.12. The van der Waals surface area contributed by atoms with Gasteiger partial charge in [0.2, 0.25) is 5.91 Å². The van der Waals surface area contributed by atoms with Crippen LogP contribution in [0.15, 0.2) is 48.5 Å². The Hall–Kier alpha value is -3.69. The number of halogens is 4. The second kappa shape index (κ2) is 13.3. The Balaban J connectivity index is 1.79. The minimum atomic E-state index is -4.72. The number of nitrogens with one attached hydrogen (secondary N) is 1. The molecule has 2 aromatic carbocycles. The van der Waals surface area contributed by atoms with E-state index < -0.39 is 35.3 Å². The van der Waals surface area contributed by atoms with E-state index in [0.717, 1.165) is 43.4 Å². The van der Waals surface area contributed by atoms with Gasteiger partial charge in [0.05, 0.1) is 12.0 Å². The van der Waals surface area contributed by atoms with E-state index in [1.165, 1.54) is 12.2 Å². The van der Waals surface area contributed by atoms with Gasteiger partial charge in [-0.2, -0.15) is 13.2 Å². The van der Waals surface area contributed by atoms with Gasteiger partial charge in [-0.15, -0.1) is 0 Å². The van der Waals surface area contributed by atoms with E-state index in [1.807, 2.05) is 0 Å². The summed E-state index contributed by atoms with van der Waals surface area (Å²) in [5, 5.41) is 11.3. The zero-order valence-corrected chi connectivity index (χ0v) is 23.4. The van der Waals surface area contributed by atoms with E-state index in [1.54, 1.807) is 29.2 Å². The summed E-state index contributed by atoms with van der Waals surface area (Å²) < 4.78 is 53.3. The van der Waals surface area contributed by atoms with Crippen molar-refractivity contribution < 1.29 is 37.1 Å². The molecule has 3 rings (SSSR count). The summed E-state index contributed by atoms with van der Waals surface area (Å²) in [5.41, 5.74) is 0.0224. The monoisotopic (exact) mass is 576 g/mol. The summed E-state index contributed by atoms with van der Waals surface area (Å²) in [6.45, 7) is 6.79. The van der Waals surface area contributed by atoms with Gasteiger partial charge in [-0.3, -0.25) is 14.4 Å². The van der Waals surface area contributed by atoms with Gasteiger partial charge >= 0.3 is 12.1 Å². The van der Waals surface area contributed by atoms with Crippen molar-refractivity contribution in [2.75, 3.05) is 6.54 Å². The lowest BCUT2D eigenvalue weighted by atomic mass is 9.71. The van der Waals surface area contributed by atoms with Crippen LogP contribution < -0.4 is 5.32 Å². The molecule has 2 aromatic rings. The number of benzene rings is 2. The molecule has 0 saturated heterocycles. The number of aliphatic carboxylic acids is 1. The normalized spacial score (nSPS) is 17.8. The van der Waals surface area contributed by atoms with Crippen molar-refractivity contribution in [3.63, 3.8) is 0 Å². The predicted molar refractivity (Wildman–Crippen MR) is 147 cm³/mol. The topological polar surface area (TPSA) is 86.7 Å². The van der Waals surface area contributed by atoms with Crippen LogP contribution in [0.4, 0.5) is 17.6 Å². The first kappa shape index (κ1) is 31.8. The molecule has 0 unspecified atom stereocenters. The Bertz CT molecular complexity index is 1260. The van der Waals surface area contributed by atoms with E-state index >= 15 is 0 Å². The minimum Gasteiger partial charge on any atom is -0.481 e. The predicted octanol–water partition coefficient (Wildman–Crippen LogP) is 6.70. The fourth-order valence-corrected chi connectivity index (χ4v) is 5.12. The molecule has 41 heavy (non-hydrogen) atoms. The number of carbonyl (C=O) groups excluding carboxylic acids is 2. The second-order valence-corrected chi connectivity index (χ2v) is 11.5. The lowest BCUT2D eigenvalue weighted by molar-refractivity contribution is -0.138. The van der Waals surface area contributed by atoms with E-state index in [-0.39, 0.29) is 36.5 Å². The van der Waals surface area contributed by atoms with E-state index in [4.69, 9.17) is 5.11 Å². The molecule has 2 N–H and O–H groups in total. The van der Waals surface area contributed by atoms with Crippen LogP contribution >= 0.6 is 0 Å². The number of nitrogens with zero attached hydrogens (tertiary/aromatic N) is 1. The summed E-state index contributed by atoms with van der Waals surface area (Å²) in [5.74, 6) is -2.39. The van der Waals surface area contributed by atoms with Crippen LogP contribution in [0.3, 0.4) is 0 Å². The van der Waals surface area contributed by atoms with Gasteiger partial charge in [0.1, 0.15) is 5.82 Å². The standard InChI is InChI=1S/C31H36F4N2O4/c1-30(2,3)23-9-11-26(12-10-23)37(19-20-4-7-22(8-5-20)29(41)36-15-14-28(39)40)27(38)13-6-21-16-24(31(33,34)35)18-25(32)17-21/h4-8,13,16-18,23,26H,9-12,14-15,19H2,1-3H3,(H,36,41)(H,39,40). The molecule has 222 valence electrons. The molecule has 0 aliphatic heterocycles. The summed E-state index contributed by atoms with van der Waals surface area (Å²) in [4.78, 5) is 38.1. The minimum absolute atomic E-state index is 0.00243. The summed E-state index contributed by atoms with van der Waals surface area (Å²) >= 11 is 0. The lowest BCUT2D eigenvalue weighted by Gasteiger charge is -2.41. The Morgan fingerprint density at radius 3 is 2.20 bits per heavy atom. The zero-order valence-electron chi connectivity index (χ0n) is 23.4. The summed E-state index contributed by atoms with van der Waals surface area (Å²) in [7, 11) is 0. The van der Waals surface area contributed by atoms with Crippen LogP contribution in [0.25, 0.3) is 6.08 Å². The van der Waals surface area contributed by atoms with E-state index in [0.29, 0.717) is 17.5 Å². The first-order chi connectivity index (χ1) is 19.1. The van der Waals surface area contributed by atoms with Crippen molar-refractivity contribution in [1.82, 2.24) is 10.2 Å². The highest BCUT2D eigenvalue weighted by Gasteiger charge is 2.34. The molecule has 2 amide bonds. The average molecular weight is 577 g/mol. The highest BCUT2D eigenvalue weighted by molar-refractivity contribution is 5.94. The first-order valence-electron chi connectivity index (χ1n) is 13.6. The Kier molecular flexibility index (Phi) is 10.3. The van der Waals surface area contributed by atoms with Crippen LogP contribution in [0, 0.1) is 17.2 Å². The molecule has 10 heteroatoms. The summed E-state index contributed by atoms with van der Waals surface area (Å²) in [6, 6.07) is 8.65. The molecule has 1 fully saturated rings. The maximum absolute atomic E-state index is 13.9. The molecule has 6 nitrogen and oxygen atoms in total. The SMILES string of the molecule is CC(C)(C)C1CCC(N(Cc2ccc(C(=O)NCCC(=O)O)cc2)C(=O)C=Cc2cc(F)cc(C(F)(F)F)c2)CC1. The zero-order chi connectivity index (χ0) is 30.4. The Labute approximate surface area is 237 Å². The molecule has 1 saturated carbocycles. The number of carbonyl (C=O) groups is 3. The number of rotatable bonds is 9. The molecule has 0 radical (unpaired) electrons. The summed E-state index contributed by atoms with van der Waals surface area (Å²) in [6.07, 6.45) is 0.845. The van der Waals surface area contributed by atoms with E-state index in [9.17, 15) is 31.9 Å². The maximum Gasteiger partial charge on any atom is 0.416 e. The highest BCUT2D eigenvalue weighted by Crippen LogP contribution is 2.39. The maximum atomic E-state index is 13.9. The van der Waals surface area contributed by atoms with Crippen LogP contribution in [-0.4, -0.2) is 40.4 Å². The van der Waals surface area contributed by atoms with Gasteiger partial charge in [0.15, 0.2) is 0 Å². The molecule has 0 atom stereocenters. The highest BCUT2D eigenvalue weighted by atomic mass is 19.4. The van der Waals surface area contributed by atoms with Gasteiger partial charge in [0.25, 0.3) is 5.91 Å². The number of carboxylic acid groups (broad SMARTS) is 1. The second-order valence-electron chi connectivity index (χ2n) is 11.5. The van der Waals surface area contributed by atoms with Crippen LogP contribution in [0.2, 0.25) is 0 Å². The smallest absolute Gasteiger partial charge is 0.416 e. The third kappa shape index (κ3) is 9.43. The lowest BCUT2D eigenvalue weighted by Crippen LogP contribution is -2.42. The molecule has 0 spiro atoms.